The number of aliphatic hydroxyl groups excluding tert-OH is 1. The smallest absolute Gasteiger partial charge is 0.123 e. The summed E-state index contributed by atoms with van der Waals surface area (Å²) >= 11 is 3.50. The maximum absolute atomic E-state index is 10.3. The molecule has 0 unspecified atom stereocenters. The molecule has 2 aromatic rings. The summed E-state index contributed by atoms with van der Waals surface area (Å²) in [6.07, 6.45) is -0.611. The van der Waals surface area contributed by atoms with Crippen LogP contribution in [0.25, 0.3) is 0 Å². The zero-order chi connectivity index (χ0) is 17.1. The van der Waals surface area contributed by atoms with Gasteiger partial charge in [0.05, 0.1) is 16.7 Å². The topological polar surface area (TPSA) is 47.3 Å². The average molecular weight is 381 g/mol. The van der Waals surface area contributed by atoms with E-state index in [4.69, 9.17) is 4.74 Å². The highest BCUT2D eigenvalue weighted by atomic mass is 79.9. The first-order valence-corrected chi connectivity index (χ1v) is 8.69. The Bertz CT molecular complexity index is 680. The number of aryl methyl sites for hydroxylation is 2. The first-order chi connectivity index (χ1) is 10.8. The van der Waals surface area contributed by atoms with Crippen LogP contribution in [0.3, 0.4) is 0 Å². The van der Waals surface area contributed by atoms with Gasteiger partial charge in [0, 0.05) is 5.69 Å². The first kappa shape index (κ1) is 18.0. The van der Waals surface area contributed by atoms with E-state index in [1.807, 2.05) is 31.5 Å². The fraction of sp³-hybridized carbons (Fsp3) is 0.500. The first-order valence-electron chi connectivity index (χ1n) is 7.90. The van der Waals surface area contributed by atoms with Crippen molar-refractivity contribution in [3.05, 3.63) is 45.2 Å². The molecule has 0 amide bonds. The standard InChI is InChI=1S/C18H25BrN2O2/c1-11(2)16-7-6-12(3)8-17(16)23-10-15(22)9-21-14(5)18(19)13(4)20-21/h6-8,11,15,22H,9-10H2,1-5H3/t15-/m1/s1. The van der Waals surface area contributed by atoms with Crippen LogP contribution < -0.4 is 4.74 Å². The molecule has 23 heavy (non-hydrogen) atoms. The van der Waals surface area contributed by atoms with Gasteiger partial charge in [0.25, 0.3) is 0 Å². The van der Waals surface area contributed by atoms with Crippen molar-refractivity contribution in [2.75, 3.05) is 6.61 Å². The molecule has 0 bridgehead atoms. The van der Waals surface area contributed by atoms with Crippen molar-refractivity contribution >= 4 is 15.9 Å². The van der Waals surface area contributed by atoms with Crippen molar-refractivity contribution in [2.24, 2.45) is 0 Å². The van der Waals surface area contributed by atoms with Gasteiger partial charge in [-0.25, -0.2) is 0 Å². The number of rotatable bonds is 6. The largest absolute Gasteiger partial charge is 0.491 e. The Kier molecular flexibility index (Phi) is 5.87. The maximum Gasteiger partial charge on any atom is 0.123 e. The molecule has 4 nitrogen and oxygen atoms in total. The summed E-state index contributed by atoms with van der Waals surface area (Å²) in [4.78, 5) is 0. The molecule has 0 fully saturated rings. The van der Waals surface area contributed by atoms with Crippen molar-refractivity contribution < 1.29 is 9.84 Å². The number of nitrogens with zero attached hydrogens (tertiary/aromatic N) is 2. The Balaban J connectivity index is 2.03. The molecule has 0 aliphatic carbocycles. The Morgan fingerprint density at radius 1 is 1.26 bits per heavy atom. The van der Waals surface area contributed by atoms with Crippen LogP contribution in [-0.4, -0.2) is 27.6 Å². The fourth-order valence-corrected chi connectivity index (χ4v) is 2.82. The van der Waals surface area contributed by atoms with Gasteiger partial charge in [-0.1, -0.05) is 26.0 Å². The van der Waals surface area contributed by atoms with Gasteiger partial charge >= 0.3 is 0 Å². The monoisotopic (exact) mass is 380 g/mol. The van der Waals surface area contributed by atoms with Crippen LogP contribution in [0.4, 0.5) is 0 Å². The van der Waals surface area contributed by atoms with E-state index in [9.17, 15) is 5.11 Å². The summed E-state index contributed by atoms with van der Waals surface area (Å²) in [5.41, 5.74) is 4.26. The van der Waals surface area contributed by atoms with Crippen LogP contribution in [0.1, 0.15) is 42.3 Å². The van der Waals surface area contributed by atoms with Gasteiger partial charge in [0.1, 0.15) is 18.5 Å². The third kappa shape index (κ3) is 4.36. The molecule has 0 saturated carbocycles. The molecule has 0 spiro atoms. The average Bonchev–Trinajstić information content (AvgIpc) is 2.72. The maximum atomic E-state index is 10.3. The van der Waals surface area contributed by atoms with Crippen LogP contribution in [0.2, 0.25) is 0 Å². The molecule has 1 aromatic carbocycles. The highest BCUT2D eigenvalue weighted by molar-refractivity contribution is 9.10. The van der Waals surface area contributed by atoms with E-state index in [-0.39, 0.29) is 6.61 Å². The molecular formula is C18H25BrN2O2. The van der Waals surface area contributed by atoms with E-state index >= 15 is 0 Å². The summed E-state index contributed by atoms with van der Waals surface area (Å²) in [6.45, 7) is 10.9. The van der Waals surface area contributed by atoms with E-state index in [0.717, 1.165) is 32.7 Å². The minimum absolute atomic E-state index is 0.249. The predicted octanol–water partition coefficient (Wildman–Crippen LogP) is 4.13. The summed E-state index contributed by atoms with van der Waals surface area (Å²) in [6, 6.07) is 6.22. The summed E-state index contributed by atoms with van der Waals surface area (Å²) < 4.78 is 8.69. The normalized spacial score (nSPS) is 12.7. The van der Waals surface area contributed by atoms with Gasteiger partial charge in [-0.3, -0.25) is 4.68 Å². The second-order valence-electron chi connectivity index (χ2n) is 6.33. The lowest BCUT2D eigenvalue weighted by molar-refractivity contribution is 0.0881. The predicted molar refractivity (Wildman–Crippen MR) is 96.2 cm³/mol. The van der Waals surface area contributed by atoms with Crippen LogP contribution >= 0.6 is 15.9 Å². The SMILES string of the molecule is Cc1ccc(C(C)C)c(OC[C@H](O)Cn2nc(C)c(Br)c2C)c1. The highest BCUT2D eigenvalue weighted by Gasteiger charge is 2.15. The number of aromatic nitrogens is 2. The third-order valence-corrected chi connectivity index (χ3v) is 5.05. The van der Waals surface area contributed by atoms with E-state index < -0.39 is 6.10 Å². The van der Waals surface area contributed by atoms with Crippen molar-refractivity contribution in [2.45, 2.75) is 53.2 Å². The fourth-order valence-electron chi connectivity index (χ4n) is 2.53. The van der Waals surface area contributed by atoms with Crippen molar-refractivity contribution in [3.8, 4) is 5.75 Å². The molecule has 1 atom stereocenters. The van der Waals surface area contributed by atoms with Crippen molar-refractivity contribution in [3.63, 3.8) is 0 Å². The second-order valence-corrected chi connectivity index (χ2v) is 7.12. The summed E-state index contributed by atoms with van der Waals surface area (Å²) in [7, 11) is 0. The molecule has 0 saturated heterocycles. The molecule has 126 valence electrons. The van der Waals surface area contributed by atoms with Crippen LogP contribution in [0.5, 0.6) is 5.75 Å². The molecular weight excluding hydrogens is 356 g/mol. The lowest BCUT2D eigenvalue weighted by atomic mass is 10.0. The second kappa shape index (κ2) is 7.49. The van der Waals surface area contributed by atoms with Gasteiger partial charge in [0.15, 0.2) is 0 Å². The number of benzene rings is 1. The molecule has 5 heteroatoms. The Morgan fingerprint density at radius 2 is 1.96 bits per heavy atom. The number of ether oxygens (including phenoxy) is 1. The van der Waals surface area contributed by atoms with Gasteiger partial charge in [-0.15, -0.1) is 0 Å². The molecule has 2 rings (SSSR count). The molecule has 1 heterocycles. The van der Waals surface area contributed by atoms with E-state index in [0.29, 0.717) is 12.5 Å². The number of hydrogen-bond acceptors (Lipinski definition) is 3. The van der Waals surface area contributed by atoms with E-state index in [1.54, 1.807) is 0 Å². The van der Waals surface area contributed by atoms with Crippen LogP contribution in [-0.2, 0) is 6.54 Å². The number of aliphatic hydroxyl groups is 1. The number of hydrogen-bond donors (Lipinski definition) is 1. The quantitative estimate of drug-likeness (QED) is 0.818. The zero-order valence-electron chi connectivity index (χ0n) is 14.4. The minimum Gasteiger partial charge on any atom is -0.491 e. The Morgan fingerprint density at radius 3 is 2.52 bits per heavy atom. The Labute approximate surface area is 146 Å². The molecule has 0 radical (unpaired) electrons. The van der Waals surface area contributed by atoms with Crippen LogP contribution in [0, 0.1) is 20.8 Å². The summed E-state index contributed by atoms with van der Waals surface area (Å²) in [5, 5.41) is 14.7. The highest BCUT2D eigenvalue weighted by Crippen LogP contribution is 2.27. The minimum atomic E-state index is -0.611. The van der Waals surface area contributed by atoms with Gasteiger partial charge in [-0.05, 0) is 59.8 Å². The van der Waals surface area contributed by atoms with Crippen LogP contribution in [0.15, 0.2) is 22.7 Å². The molecule has 1 N–H and O–H groups in total. The zero-order valence-corrected chi connectivity index (χ0v) is 16.0. The van der Waals surface area contributed by atoms with E-state index in [1.165, 1.54) is 0 Å². The molecule has 0 aliphatic heterocycles. The van der Waals surface area contributed by atoms with Crippen molar-refractivity contribution in [1.29, 1.82) is 0 Å². The Hall–Kier alpha value is -1.33. The van der Waals surface area contributed by atoms with Gasteiger partial charge in [0.2, 0.25) is 0 Å². The van der Waals surface area contributed by atoms with Crippen molar-refractivity contribution in [1.82, 2.24) is 9.78 Å². The molecule has 1 aromatic heterocycles. The lowest BCUT2D eigenvalue weighted by Gasteiger charge is -2.18. The molecule has 0 aliphatic rings. The number of halogens is 1. The van der Waals surface area contributed by atoms with Gasteiger partial charge < -0.3 is 9.84 Å². The van der Waals surface area contributed by atoms with Gasteiger partial charge in [-0.2, -0.15) is 5.10 Å². The lowest BCUT2D eigenvalue weighted by Crippen LogP contribution is -2.25. The van der Waals surface area contributed by atoms with E-state index in [2.05, 4.69) is 47.0 Å². The third-order valence-electron chi connectivity index (χ3n) is 3.90. The summed E-state index contributed by atoms with van der Waals surface area (Å²) in [5.74, 6) is 1.24.